The van der Waals surface area contributed by atoms with Gasteiger partial charge in [0.2, 0.25) is 0 Å². The summed E-state index contributed by atoms with van der Waals surface area (Å²) in [6, 6.07) is 6.08. The number of nitrogens with zero attached hydrogens (tertiary/aromatic N) is 4. The molecule has 1 saturated heterocycles. The van der Waals surface area contributed by atoms with Gasteiger partial charge in [0.1, 0.15) is 11.5 Å². The predicted molar refractivity (Wildman–Crippen MR) is 93.6 cm³/mol. The number of halogens is 3. The molecule has 3 rings (SSSR count). The van der Waals surface area contributed by atoms with Gasteiger partial charge in [-0.2, -0.15) is 24.9 Å². The monoisotopic (exact) mass is 368 g/mol. The second kappa shape index (κ2) is 7.59. The third-order valence-electron chi connectivity index (χ3n) is 4.18. The van der Waals surface area contributed by atoms with Crippen molar-refractivity contribution >= 4 is 17.6 Å². The number of alkyl halides is 3. The summed E-state index contributed by atoms with van der Waals surface area (Å²) in [7, 11) is 0. The van der Waals surface area contributed by atoms with Crippen LogP contribution < -0.4 is 4.90 Å². The van der Waals surface area contributed by atoms with Crippen molar-refractivity contribution in [2.75, 3.05) is 24.2 Å². The fourth-order valence-corrected chi connectivity index (χ4v) is 3.59. The first-order valence-electron chi connectivity index (χ1n) is 8.13. The Morgan fingerprint density at radius 3 is 2.72 bits per heavy atom. The van der Waals surface area contributed by atoms with E-state index in [-0.39, 0.29) is 5.82 Å². The summed E-state index contributed by atoms with van der Waals surface area (Å²) in [5, 5.41) is 0.394. The predicted octanol–water partition coefficient (Wildman–Crippen LogP) is 4.28. The van der Waals surface area contributed by atoms with Crippen molar-refractivity contribution in [3.63, 3.8) is 0 Å². The molecule has 0 aliphatic carbocycles. The van der Waals surface area contributed by atoms with Gasteiger partial charge < -0.3 is 4.90 Å². The highest BCUT2D eigenvalue weighted by Gasteiger charge is 2.34. The van der Waals surface area contributed by atoms with Gasteiger partial charge in [0.25, 0.3) is 0 Å². The van der Waals surface area contributed by atoms with E-state index in [0.29, 0.717) is 29.9 Å². The first-order chi connectivity index (χ1) is 12.0. The lowest BCUT2D eigenvalue weighted by Gasteiger charge is -2.25. The Balaban J connectivity index is 2.03. The van der Waals surface area contributed by atoms with Crippen LogP contribution >= 0.6 is 11.8 Å². The zero-order valence-corrected chi connectivity index (χ0v) is 14.6. The molecule has 0 aromatic carbocycles. The molecule has 25 heavy (non-hydrogen) atoms. The number of anilines is 1. The highest BCUT2D eigenvalue weighted by Crippen LogP contribution is 2.32. The fourth-order valence-electron chi connectivity index (χ4n) is 2.85. The van der Waals surface area contributed by atoms with E-state index in [2.05, 4.69) is 15.0 Å². The molecule has 4 nitrogen and oxygen atoms in total. The van der Waals surface area contributed by atoms with Crippen LogP contribution in [0.2, 0.25) is 0 Å². The number of hydrogen-bond acceptors (Lipinski definition) is 5. The van der Waals surface area contributed by atoms with Crippen LogP contribution in [0.3, 0.4) is 0 Å². The van der Waals surface area contributed by atoms with Crippen LogP contribution in [0.15, 0.2) is 30.5 Å². The Kier molecular flexibility index (Phi) is 5.46. The van der Waals surface area contributed by atoms with Gasteiger partial charge in [-0.15, -0.1) is 0 Å². The number of hydrogen-bond donors (Lipinski definition) is 0. The maximum absolute atomic E-state index is 13.3. The van der Waals surface area contributed by atoms with E-state index in [9.17, 15) is 13.2 Å². The zero-order valence-electron chi connectivity index (χ0n) is 13.8. The molecule has 1 fully saturated rings. The van der Waals surface area contributed by atoms with Crippen LogP contribution in [0.5, 0.6) is 0 Å². The second-order valence-electron chi connectivity index (χ2n) is 5.95. The molecule has 0 bridgehead atoms. The van der Waals surface area contributed by atoms with Crippen molar-refractivity contribution in [1.82, 2.24) is 15.0 Å². The number of aromatic nitrogens is 3. The maximum atomic E-state index is 13.3. The largest absolute Gasteiger partial charge is 0.433 e. The molecule has 0 saturated carbocycles. The first-order valence-corrected chi connectivity index (χ1v) is 9.41. The topological polar surface area (TPSA) is 41.9 Å². The van der Waals surface area contributed by atoms with E-state index >= 15 is 0 Å². The van der Waals surface area contributed by atoms with E-state index in [1.54, 1.807) is 30.0 Å². The third kappa shape index (κ3) is 4.42. The molecule has 134 valence electrons. The Morgan fingerprint density at radius 2 is 2.04 bits per heavy atom. The minimum atomic E-state index is -4.52. The van der Waals surface area contributed by atoms with Gasteiger partial charge in [-0.05, 0) is 31.2 Å². The van der Waals surface area contributed by atoms with Crippen LogP contribution in [0.25, 0.3) is 11.5 Å². The SMILES string of the molecule is CSC1CCCCN(c2cc(C(F)(F)F)nc(-c3ccccn3)n2)C1. The normalized spacial score (nSPS) is 18.9. The van der Waals surface area contributed by atoms with Crippen molar-refractivity contribution in [2.45, 2.75) is 30.7 Å². The second-order valence-corrected chi connectivity index (χ2v) is 7.09. The summed E-state index contributed by atoms with van der Waals surface area (Å²) in [6.07, 6.45) is 2.13. The third-order valence-corrected chi connectivity index (χ3v) is 5.23. The molecule has 1 aliphatic rings. The maximum Gasteiger partial charge on any atom is 0.433 e. The van der Waals surface area contributed by atoms with E-state index in [1.807, 2.05) is 11.2 Å². The summed E-state index contributed by atoms with van der Waals surface area (Å²) < 4.78 is 40.0. The molecule has 1 unspecified atom stereocenters. The van der Waals surface area contributed by atoms with E-state index in [0.717, 1.165) is 25.3 Å². The van der Waals surface area contributed by atoms with Crippen LogP contribution in [-0.2, 0) is 6.18 Å². The van der Waals surface area contributed by atoms with Gasteiger partial charge in [0, 0.05) is 30.6 Å². The minimum Gasteiger partial charge on any atom is -0.355 e. The molecule has 0 radical (unpaired) electrons. The first kappa shape index (κ1) is 18.0. The summed E-state index contributed by atoms with van der Waals surface area (Å²) in [6.45, 7) is 1.39. The van der Waals surface area contributed by atoms with Crippen molar-refractivity contribution in [1.29, 1.82) is 0 Å². The molecule has 0 amide bonds. The molecule has 1 atom stereocenters. The molecule has 1 aliphatic heterocycles. The summed E-state index contributed by atoms with van der Waals surface area (Å²) >= 11 is 1.75. The molecule has 8 heteroatoms. The van der Waals surface area contributed by atoms with Crippen molar-refractivity contribution in [3.05, 3.63) is 36.2 Å². The molecular formula is C17H19F3N4S. The summed E-state index contributed by atoms with van der Waals surface area (Å²) in [4.78, 5) is 14.1. The number of pyridine rings is 1. The summed E-state index contributed by atoms with van der Waals surface area (Å²) in [5.74, 6) is 0.333. The van der Waals surface area contributed by atoms with Crippen LogP contribution in [-0.4, -0.2) is 39.5 Å². The average molecular weight is 368 g/mol. The van der Waals surface area contributed by atoms with Crippen molar-refractivity contribution < 1.29 is 13.2 Å². The Hall–Kier alpha value is -1.83. The molecule has 2 aromatic rings. The minimum absolute atomic E-state index is 0.00961. The molecular weight excluding hydrogens is 349 g/mol. The average Bonchev–Trinajstić information content (AvgIpc) is 2.87. The highest BCUT2D eigenvalue weighted by atomic mass is 32.2. The van der Waals surface area contributed by atoms with E-state index < -0.39 is 11.9 Å². The molecule has 0 spiro atoms. The lowest BCUT2D eigenvalue weighted by molar-refractivity contribution is -0.141. The Labute approximate surface area is 148 Å². The lowest BCUT2D eigenvalue weighted by atomic mass is 10.2. The van der Waals surface area contributed by atoms with E-state index in [1.165, 1.54) is 6.20 Å². The quantitative estimate of drug-likeness (QED) is 0.809. The van der Waals surface area contributed by atoms with Crippen LogP contribution in [0, 0.1) is 0 Å². The summed E-state index contributed by atoms with van der Waals surface area (Å²) in [5.41, 5.74) is -0.589. The van der Waals surface area contributed by atoms with E-state index in [4.69, 9.17) is 0 Å². The van der Waals surface area contributed by atoms with Gasteiger partial charge >= 0.3 is 6.18 Å². The fraction of sp³-hybridized carbons (Fsp3) is 0.471. The number of rotatable bonds is 3. The standard InChI is InChI=1S/C17H19F3N4S/c1-25-12-6-3-5-9-24(11-12)15-10-14(17(18,19)20)22-16(23-15)13-7-2-4-8-21-13/h2,4,7-8,10,12H,3,5-6,9,11H2,1H3. The molecule has 2 aromatic heterocycles. The van der Waals surface area contributed by atoms with Crippen LogP contribution in [0.4, 0.5) is 19.0 Å². The molecule has 3 heterocycles. The van der Waals surface area contributed by atoms with Gasteiger partial charge in [-0.1, -0.05) is 12.5 Å². The highest BCUT2D eigenvalue weighted by molar-refractivity contribution is 7.99. The Bertz CT molecular complexity index is 709. The van der Waals surface area contributed by atoms with Crippen LogP contribution in [0.1, 0.15) is 25.0 Å². The lowest BCUT2D eigenvalue weighted by Crippen LogP contribution is -2.31. The van der Waals surface area contributed by atoms with Gasteiger partial charge in [-0.25, -0.2) is 9.97 Å². The zero-order chi connectivity index (χ0) is 17.9. The van der Waals surface area contributed by atoms with Gasteiger partial charge in [0.05, 0.1) is 0 Å². The number of thioether (sulfide) groups is 1. The molecule has 0 N–H and O–H groups in total. The smallest absolute Gasteiger partial charge is 0.355 e. The van der Waals surface area contributed by atoms with Crippen molar-refractivity contribution in [3.8, 4) is 11.5 Å². The van der Waals surface area contributed by atoms with Gasteiger partial charge in [-0.3, -0.25) is 4.98 Å². The van der Waals surface area contributed by atoms with Gasteiger partial charge in [0.15, 0.2) is 11.5 Å². The Morgan fingerprint density at radius 1 is 1.20 bits per heavy atom. The van der Waals surface area contributed by atoms with Crippen molar-refractivity contribution in [2.24, 2.45) is 0 Å².